The third-order valence-corrected chi connectivity index (χ3v) is 3.92. The van der Waals surface area contributed by atoms with E-state index in [0.29, 0.717) is 12.0 Å². The normalized spacial score (nSPS) is 16.8. The molecule has 2 aromatic rings. The van der Waals surface area contributed by atoms with E-state index in [0.717, 1.165) is 37.3 Å². The molecule has 1 saturated heterocycles. The van der Waals surface area contributed by atoms with Crippen molar-refractivity contribution in [3.63, 3.8) is 0 Å². The predicted molar refractivity (Wildman–Crippen MR) is 78.6 cm³/mol. The van der Waals surface area contributed by atoms with Gasteiger partial charge < -0.3 is 4.74 Å². The molecule has 0 aliphatic carbocycles. The van der Waals surface area contributed by atoms with Gasteiger partial charge >= 0.3 is 0 Å². The average Bonchev–Trinajstić information content (AvgIpc) is 2.98. The van der Waals surface area contributed by atoms with Gasteiger partial charge in [0.05, 0.1) is 17.9 Å². The first-order valence-electron chi connectivity index (χ1n) is 7.32. The molecule has 0 saturated carbocycles. The Morgan fingerprint density at radius 2 is 2.00 bits per heavy atom. The van der Waals surface area contributed by atoms with Gasteiger partial charge in [-0.25, -0.2) is 0 Å². The van der Waals surface area contributed by atoms with Gasteiger partial charge in [0, 0.05) is 31.2 Å². The van der Waals surface area contributed by atoms with Crippen LogP contribution in [-0.2, 0) is 4.74 Å². The summed E-state index contributed by atoms with van der Waals surface area (Å²) < 4.78 is 7.46. The van der Waals surface area contributed by atoms with Gasteiger partial charge in [-0.15, -0.1) is 0 Å². The minimum absolute atomic E-state index is 0.465. The van der Waals surface area contributed by atoms with Crippen molar-refractivity contribution in [3.8, 4) is 11.3 Å². The van der Waals surface area contributed by atoms with Crippen LogP contribution in [0.1, 0.15) is 44.2 Å². The Labute approximate surface area is 119 Å². The molecular formula is C16H21N3O. The molecule has 1 fully saturated rings. The number of hydrogen-bond donors (Lipinski definition) is 0. The van der Waals surface area contributed by atoms with Crippen LogP contribution in [-0.4, -0.2) is 28.0 Å². The van der Waals surface area contributed by atoms with Crippen LogP contribution in [0.4, 0.5) is 0 Å². The largest absolute Gasteiger partial charge is 0.381 e. The first-order valence-corrected chi connectivity index (χ1v) is 7.32. The summed E-state index contributed by atoms with van der Waals surface area (Å²) in [5.74, 6) is 0.515. The lowest BCUT2D eigenvalue weighted by molar-refractivity contribution is 0.0662. The zero-order valence-corrected chi connectivity index (χ0v) is 12.1. The number of ether oxygens (including phenoxy) is 1. The minimum Gasteiger partial charge on any atom is -0.381 e. The van der Waals surface area contributed by atoms with Crippen molar-refractivity contribution in [2.75, 3.05) is 13.2 Å². The molecule has 106 valence electrons. The second-order valence-corrected chi connectivity index (χ2v) is 5.68. The maximum Gasteiger partial charge on any atom is 0.0733 e. The van der Waals surface area contributed by atoms with Crippen LogP contribution >= 0.6 is 0 Å². The summed E-state index contributed by atoms with van der Waals surface area (Å²) in [5.41, 5.74) is 3.35. The summed E-state index contributed by atoms with van der Waals surface area (Å²) in [4.78, 5) is 4.55. The van der Waals surface area contributed by atoms with E-state index < -0.39 is 0 Å². The fraction of sp³-hybridized carbons (Fsp3) is 0.500. The molecular weight excluding hydrogens is 250 g/mol. The monoisotopic (exact) mass is 271 g/mol. The van der Waals surface area contributed by atoms with Crippen LogP contribution in [0.15, 0.2) is 30.7 Å². The molecule has 0 bridgehead atoms. The van der Waals surface area contributed by atoms with Crippen molar-refractivity contribution in [1.29, 1.82) is 0 Å². The average molecular weight is 271 g/mol. The van der Waals surface area contributed by atoms with Gasteiger partial charge in [-0.05, 0) is 30.4 Å². The second-order valence-electron chi connectivity index (χ2n) is 5.68. The fourth-order valence-corrected chi connectivity index (χ4v) is 2.54. The summed E-state index contributed by atoms with van der Waals surface area (Å²) in [6.07, 6.45) is 8.06. The lowest BCUT2D eigenvalue weighted by Crippen LogP contribution is -2.19. The molecule has 4 heteroatoms. The maximum atomic E-state index is 5.39. The van der Waals surface area contributed by atoms with E-state index in [9.17, 15) is 0 Å². The Morgan fingerprint density at radius 3 is 2.65 bits per heavy atom. The number of nitrogens with zero attached hydrogens (tertiary/aromatic N) is 3. The molecule has 1 aliphatic rings. The van der Waals surface area contributed by atoms with Gasteiger partial charge in [0.25, 0.3) is 0 Å². The van der Waals surface area contributed by atoms with Crippen LogP contribution in [0.5, 0.6) is 0 Å². The Kier molecular flexibility index (Phi) is 3.83. The molecule has 4 nitrogen and oxygen atoms in total. The van der Waals surface area contributed by atoms with Crippen molar-refractivity contribution in [3.05, 3.63) is 36.3 Å². The summed E-state index contributed by atoms with van der Waals surface area (Å²) in [6.45, 7) is 6.03. The highest BCUT2D eigenvalue weighted by Crippen LogP contribution is 2.24. The first kappa shape index (κ1) is 13.3. The van der Waals surface area contributed by atoms with E-state index in [2.05, 4.69) is 46.9 Å². The molecule has 0 atom stereocenters. The van der Waals surface area contributed by atoms with Crippen LogP contribution in [0, 0.1) is 0 Å². The van der Waals surface area contributed by atoms with Gasteiger partial charge in [0.2, 0.25) is 0 Å². The number of hydrogen-bond acceptors (Lipinski definition) is 3. The van der Waals surface area contributed by atoms with E-state index >= 15 is 0 Å². The standard InChI is InChI=1S/C16H21N3O/c1-12(2)13-3-4-16(17-9-13)14-10-18-19(11-14)15-5-7-20-8-6-15/h3-4,9-12,15H,5-8H2,1-2H3. The molecule has 0 aromatic carbocycles. The van der Waals surface area contributed by atoms with Crippen LogP contribution in [0.25, 0.3) is 11.3 Å². The molecule has 0 amide bonds. The highest BCUT2D eigenvalue weighted by Gasteiger charge is 2.16. The third-order valence-electron chi connectivity index (χ3n) is 3.92. The second kappa shape index (κ2) is 5.75. The quantitative estimate of drug-likeness (QED) is 0.858. The van der Waals surface area contributed by atoms with E-state index in [1.54, 1.807) is 0 Å². The molecule has 20 heavy (non-hydrogen) atoms. The lowest BCUT2D eigenvalue weighted by atomic mass is 10.1. The Bertz CT molecular complexity index is 553. The Morgan fingerprint density at radius 1 is 1.20 bits per heavy atom. The SMILES string of the molecule is CC(C)c1ccc(-c2cnn(C3CCOCC3)c2)nc1. The lowest BCUT2D eigenvalue weighted by Gasteiger charge is -2.22. The van der Waals surface area contributed by atoms with E-state index in [1.807, 2.05) is 12.4 Å². The molecule has 1 aliphatic heterocycles. The highest BCUT2D eigenvalue weighted by molar-refractivity contribution is 5.56. The zero-order valence-electron chi connectivity index (χ0n) is 12.1. The van der Waals surface area contributed by atoms with Crippen molar-refractivity contribution in [1.82, 2.24) is 14.8 Å². The van der Waals surface area contributed by atoms with Crippen LogP contribution in [0.2, 0.25) is 0 Å². The van der Waals surface area contributed by atoms with E-state index in [-0.39, 0.29) is 0 Å². The highest BCUT2D eigenvalue weighted by atomic mass is 16.5. The molecule has 3 heterocycles. The molecule has 3 rings (SSSR count). The van der Waals surface area contributed by atoms with Crippen molar-refractivity contribution in [2.45, 2.75) is 38.6 Å². The number of rotatable bonds is 3. The minimum atomic E-state index is 0.465. The topological polar surface area (TPSA) is 39.9 Å². The van der Waals surface area contributed by atoms with Crippen LogP contribution in [0.3, 0.4) is 0 Å². The van der Waals surface area contributed by atoms with Gasteiger partial charge in [-0.3, -0.25) is 9.67 Å². The molecule has 0 N–H and O–H groups in total. The smallest absolute Gasteiger partial charge is 0.0733 e. The summed E-state index contributed by atoms with van der Waals surface area (Å²) in [5, 5.41) is 4.49. The number of aromatic nitrogens is 3. The maximum absolute atomic E-state index is 5.39. The van der Waals surface area contributed by atoms with E-state index in [4.69, 9.17) is 4.74 Å². The molecule has 0 spiro atoms. The van der Waals surface area contributed by atoms with Crippen molar-refractivity contribution < 1.29 is 4.74 Å². The molecule has 0 unspecified atom stereocenters. The van der Waals surface area contributed by atoms with E-state index in [1.165, 1.54) is 5.56 Å². The molecule has 0 radical (unpaired) electrons. The fourth-order valence-electron chi connectivity index (χ4n) is 2.54. The van der Waals surface area contributed by atoms with Crippen molar-refractivity contribution in [2.24, 2.45) is 0 Å². The number of pyridine rings is 1. The van der Waals surface area contributed by atoms with Gasteiger partial charge in [0.15, 0.2) is 0 Å². The van der Waals surface area contributed by atoms with Crippen LogP contribution < -0.4 is 0 Å². The van der Waals surface area contributed by atoms with Gasteiger partial charge in [-0.2, -0.15) is 5.10 Å². The van der Waals surface area contributed by atoms with Crippen molar-refractivity contribution >= 4 is 0 Å². The summed E-state index contributed by atoms with van der Waals surface area (Å²) in [6, 6.07) is 4.70. The first-order chi connectivity index (χ1) is 9.74. The summed E-state index contributed by atoms with van der Waals surface area (Å²) in [7, 11) is 0. The zero-order chi connectivity index (χ0) is 13.9. The van der Waals surface area contributed by atoms with Gasteiger partial charge in [-0.1, -0.05) is 19.9 Å². The summed E-state index contributed by atoms with van der Waals surface area (Å²) >= 11 is 0. The Hall–Kier alpha value is -1.68. The third kappa shape index (κ3) is 2.75. The Balaban J connectivity index is 1.78. The van der Waals surface area contributed by atoms with Gasteiger partial charge in [0.1, 0.15) is 0 Å². The predicted octanol–water partition coefficient (Wildman–Crippen LogP) is 3.42. The molecule has 2 aromatic heterocycles.